The number of amides is 1. The number of fused-ring (bicyclic) bond motifs is 1. The molecular formula is C16H18N4O. The quantitative estimate of drug-likeness (QED) is 0.648. The van der Waals surface area contributed by atoms with Gasteiger partial charge in [-0.05, 0) is 36.1 Å². The second kappa shape index (κ2) is 5.93. The highest BCUT2D eigenvalue weighted by atomic mass is 16.2. The number of nitrogens with two attached hydrogens (primary N) is 1. The second-order valence-corrected chi connectivity index (χ2v) is 5.14. The minimum Gasteiger partial charge on any atom is -0.337 e. The average molecular weight is 282 g/mol. The van der Waals surface area contributed by atoms with E-state index >= 15 is 0 Å². The summed E-state index contributed by atoms with van der Waals surface area (Å²) >= 11 is 0. The maximum Gasteiger partial charge on any atom is 0.272 e. The number of anilines is 1. The third kappa shape index (κ3) is 2.87. The lowest BCUT2D eigenvalue weighted by Gasteiger charge is -2.19. The van der Waals surface area contributed by atoms with Gasteiger partial charge in [0, 0.05) is 13.1 Å². The van der Waals surface area contributed by atoms with Gasteiger partial charge in [-0.1, -0.05) is 24.3 Å². The van der Waals surface area contributed by atoms with E-state index in [2.05, 4.69) is 34.7 Å². The van der Waals surface area contributed by atoms with E-state index in [1.54, 1.807) is 18.3 Å². The van der Waals surface area contributed by atoms with Crippen LogP contribution in [0.15, 0.2) is 42.6 Å². The Morgan fingerprint density at radius 2 is 1.76 bits per heavy atom. The first-order chi connectivity index (χ1) is 10.3. The smallest absolute Gasteiger partial charge is 0.272 e. The van der Waals surface area contributed by atoms with Crippen molar-refractivity contribution in [1.82, 2.24) is 9.88 Å². The van der Waals surface area contributed by atoms with Gasteiger partial charge >= 0.3 is 0 Å². The van der Waals surface area contributed by atoms with E-state index in [-0.39, 0.29) is 5.91 Å². The molecule has 0 aliphatic carbocycles. The van der Waals surface area contributed by atoms with E-state index in [1.807, 2.05) is 4.90 Å². The van der Waals surface area contributed by atoms with Crippen LogP contribution in [0.1, 0.15) is 21.6 Å². The van der Waals surface area contributed by atoms with Crippen molar-refractivity contribution in [2.45, 2.75) is 12.8 Å². The van der Waals surface area contributed by atoms with Gasteiger partial charge in [0.15, 0.2) is 0 Å². The Balaban J connectivity index is 1.74. The number of rotatable bonds is 2. The van der Waals surface area contributed by atoms with Crippen LogP contribution in [0, 0.1) is 0 Å². The molecule has 5 heteroatoms. The van der Waals surface area contributed by atoms with Gasteiger partial charge in [0.05, 0.1) is 11.9 Å². The fourth-order valence-electron chi connectivity index (χ4n) is 2.64. The Morgan fingerprint density at radius 3 is 2.29 bits per heavy atom. The lowest BCUT2D eigenvalue weighted by molar-refractivity contribution is 0.0757. The first-order valence-electron chi connectivity index (χ1n) is 7.06. The van der Waals surface area contributed by atoms with Crippen LogP contribution in [0.5, 0.6) is 0 Å². The van der Waals surface area contributed by atoms with E-state index in [0.717, 1.165) is 25.9 Å². The number of carbonyl (C=O) groups is 1. The highest BCUT2D eigenvalue weighted by Gasteiger charge is 2.20. The molecule has 21 heavy (non-hydrogen) atoms. The fourth-order valence-corrected chi connectivity index (χ4v) is 2.64. The zero-order valence-corrected chi connectivity index (χ0v) is 11.7. The summed E-state index contributed by atoms with van der Waals surface area (Å²) in [6.45, 7) is 1.46. The van der Waals surface area contributed by atoms with Crippen LogP contribution in [0.4, 0.5) is 5.69 Å². The van der Waals surface area contributed by atoms with Crippen LogP contribution in [-0.4, -0.2) is 28.9 Å². The Labute approximate surface area is 123 Å². The number of benzene rings is 1. The molecule has 0 fully saturated rings. The summed E-state index contributed by atoms with van der Waals surface area (Å²) in [4.78, 5) is 18.6. The highest BCUT2D eigenvalue weighted by molar-refractivity contribution is 5.92. The van der Waals surface area contributed by atoms with Crippen LogP contribution >= 0.6 is 0 Å². The summed E-state index contributed by atoms with van der Waals surface area (Å²) < 4.78 is 0. The van der Waals surface area contributed by atoms with Crippen molar-refractivity contribution >= 4 is 11.6 Å². The Kier molecular flexibility index (Phi) is 3.83. The zero-order valence-electron chi connectivity index (χ0n) is 11.7. The van der Waals surface area contributed by atoms with Crippen LogP contribution in [0.25, 0.3) is 0 Å². The third-order valence-corrected chi connectivity index (χ3v) is 3.86. The van der Waals surface area contributed by atoms with Gasteiger partial charge in [-0.25, -0.2) is 4.98 Å². The average Bonchev–Trinajstić information content (AvgIpc) is 2.77. The number of nitrogens with zero attached hydrogens (tertiary/aromatic N) is 2. The second-order valence-electron chi connectivity index (χ2n) is 5.14. The molecule has 0 spiro atoms. The number of nitrogens with one attached hydrogen (secondary N) is 1. The maximum absolute atomic E-state index is 12.5. The molecule has 1 aliphatic rings. The molecule has 1 aromatic carbocycles. The summed E-state index contributed by atoms with van der Waals surface area (Å²) in [5.74, 6) is 5.28. The number of hydrogen-bond acceptors (Lipinski definition) is 4. The molecule has 0 radical (unpaired) electrons. The molecule has 0 atom stereocenters. The Morgan fingerprint density at radius 1 is 1.10 bits per heavy atom. The van der Waals surface area contributed by atoms with Gasteiger partial charge < -0.3 is 10.3 Å². The number of pyridine rings is 1. The molecule has 1 amide bonds. The zero-order chi connectivity index (χ0) is 14.7. The van der Waals surface area contributed by atoms with Crippen LogP contribution < -0.4 is 11.3 Å². The fraction of sp³-hybridized carbons (Fsp3) is 0.250. The van der Waals surface area contributed by atoms with Crippen LogP contribution in [-0.2, 0) is 12.8 Å². The van der Waals surface area contributed by atoms with Gasteiger partial charge in [0.1, 0.15) is 5.69 Å². The maximum atomic E-state index is 12.5. The molecule has 5 nitrogen and oxygen atoms in total. The molecule has 0 saturated carbocycles. The van der Waals surface area contributed by atoms with Crippen molar-refractivity contribution in [3.63, 3.8) is 0 Å². The van der Waals surface area contributed by atoms with E-state index < -0.39 is 0 Å². The van der Waals surface area contributed by atoms with E-state index in [1.165, 1.54) is 11.1 Å². The lowest BCUT2D eigenvalue weighted by Crippen LogP contribution is -2.33. The van der Waals surface area contributed by atoms with E-state index in [9.17, 15) is 4.79 Å². The van der Waals surface area contributed by atoms with Gasteiger partial charge in [-0.2, -0.15) is 0 Å². The monoisotopic (exact) mass is 282 g/mol. The molecule has 3 rings (SSSR count). The SMILES string of the molecule is NNc1ccc(C(=O)N2CCc3ccccc3CC2)nc1. The van der Waals surface area contributed by atoms with Gasteiger partial charge in [0.25, 0.3) is 5.91 Å². The topological polar surface area (TPSA) is 71.2 Å². The predicted molar refractivity (Wildman–Crippen MR) is 81.8 cm³/mol. The molecule has 3 N–H and O–H groups in total. The summed E-state index contributed by atoms with van der Waals surface area (Å²) in [7, 11) is 0. The molecule has 0 unspecified atom stereocenters. The van der Waals surface area contributed by atoms with Gasteiger partial charge in [0.2, 0.25) is 0 Å². The Hall–Kier alpha value is -2.40. The van der Waals surface area contributed by atoms with Crippen molar-refractivity contribution in [2.24, 2.45) is 5.84 Å². The first kappa shape index (κ1) is 13.6. The van der Waals surface area contributed by atoms with Crippen LogP contribution in [0.2, 0.25) is 0 Å². The van der Waals surface area contributed by atoms with Gasteiger partial charge in [-0.15, -0.1) is 0 Å². The van der Waals surface area contributed by atoms with E-state index in [4.69, 9.17) is 5.84 Å². The van der Waals surface area contributed by atoms with Crippen LogP contribution in [0.3, 0.4) is 0 Å². The number of nitrogen functional groups attached to an aromatic ring is 1. The first-order valence-corrected chi connectivity index (χ1v) is 7.06. The summed E-state index contributed by atoms with van der Waals surface area (Å²) in [5, 5.41) is 0. The number of hydrazine groups is 1. The summed E-state index contributed by atoms with van der Waals surface area (Å²) in [6.07, 6.45) is 3.36. The molecule has 108 valence electrons. The summed E-state index contributed by atoms with van der Waals surface area (Å²) in [5.41, 5.74) is 6.33. The standard InChI is InChI=1S/C16H18N4O/c17-19-14-5-6-15(18-11-14)16(21)20-9-7-12-3-1-2-4-13(12)8-10-20/h1-6,11,19H,7-10,17H2. The van der Waals surface area contributed by atoms with Gasteiger partial charge in [-0.3, -0.25) is 10.6 Å². The van der Waals surface area contributed by atoms with Crippen molar-refractivity contribution < 1.29 is 4.79 Å². The number of carbonyl (C=O) groups excluding carboxylic acids is 1. The highest BCUT2D eigenvalue weighted by Crippen LogP contribution is 2.17. The lowest BCUT2D eigenvalue weighted by atomic mass is 10.0. The van der Waals surface area contributed by atoms with Crippen molar-refractivity contribution in [1.29, 1.82) is 0 Å². The molecule has 2 heterocycles. The molecule has 2 aromatic rings. The minimum absolute atomic E-state index is 0.0219. The largest absolute Gasteiger partial charge is 0.337 e. The third-order valence-electron chi connectivity index (χ3n) is 3.86. The minimum atomic E-state index is -0.0219. The summed E-state index contributed by atoms with van der Waals surface area (Å²) in [6, 6.07) is 11.8. The molecule has 1 aliphatic heterocycles. The number of hydrogen-bond donors (Lipinski definition) is 2. The molecule has 1 aromatic heterocycles. The molecular weight excluding hydrogens is 264 g/mol. The number of aromatic nitrogens is 1. The Bertz CT molecular complexity index is 612. The van der Waals surface area contributed by atoms with Crippen molar-refractivity contribution in [3.8, 4) is 0 Å². The molecule has 0 bridgehead atoms. The van der Waals surface area contributed by atoms with Crippen molar-refractivity contribution in [3.05, 3.63) is 59.4 Å². The molecule has 0 saturated heterocycles. The normalized spacial score (nSPS) is 14.2. The van der Waals surface area contributed by atoms with E-state index in [0.29, 0.717) is 11.4 Å². The predicted octanol–water partition coefficient (Wildman–Crippen LogP) is 1.61. The van der Waals surface area contributed by atoms with Crippen molar-refractivity contribution in [2.75, 3.05) is 18.5 Å².